The number of benzene rings is 2. The predicted molar refractivity (Wildman–Crippen MR) is 125 cm³/mol. The van der Waals surface area contributed by atoms with Gasteiger partial charge in [0.2, 0.25) is 0 Å². The number of aromatic nitrogens is 4. The van der Waals surface area contributed by atoms with Crippen LogP contribution in [0.5, 0.6) is 0 Å². The maximum atomic E-state index is 4.39. The Morgan fingerprint density at radius 3 is 2.58 bits per heavy atom. The molecule has 31 heavy (non-hydrogen) atoms. The molecule has 4 rings (SSSR count). The number of guanidine groups is 1. The zero-order valence-corrected chi connectivity index (χ0v) is 18.4. The number of hydrogen-bond acceptors (Lipinski definition) is 5. The fourth-order valence-corrected chi connectivity index (χ4v) is 4.02. The van der Waals surface area contributed by atoms with Crippen LogP contribution in [0.1, 0.15) is 21.0 Å². The normalized spacial score (nSPS) is 11.5. The van der Waals surface area contributed by atoms with Crippen molar-refractivity contribution in [1.29, 1.82) is 0 Å². The Kier molecular flexibility index (Phi) is 6.68. The third kappa shape index (κ3) is 5.55. The molecule has 0 fully saturated rings. The molecule has 0 aliphatic carbocycles. The third-order valence-electron chi connectivity index (χ3n) is 4.84. The van der Waals surface area contributed by atoms with Crippen LogP contribution in [0, 0.1) is 6.92 Å². The van der Waals surface area contributed by atoms with E-state index in [1.807, 2.05) is 10.9 Å². The molecule has 158 valence electrons. The van der Waals surface area contributed by atoms with Crippen molar-refractivity contribution in [3.8, 4) is 11.1 Å². The van der Waals surface area contributed by atoms with Crippen LogP contribution in [0.4, 0.5) is 0 Å². The quantitative estimate of drug-likeness (QED) is 0.345. The van der Waals surface area contributed by atoms with Crippen LogP contribution in [-0.2, 0) is 19.6 Å². The summed E-state index contributed by atoms with van der Waals surface area (Å²) < 4.78 is 1.82. The van der Waals surface area contributed by atoms with E-state index in [9.17, 15) is 0 Å². The van der Waals surface area contributed by atoms with E-state index in [0.29, 0.717) is 19.6 Å². The minimum atomic E-state index is 0.660. The van der Waals surface area contributed by atoms with Crippen LogP contribution < -0.4 is 10.6 Å². The Labute approximate surface area is 185 Å². The summed E-state index contributed by atoms with van der Waals surface area (Å²) in [5.74, 6) is 0.755. The third-order valence-corrected chi connectivity index (χ3v) is 5.75. The standard InChI is InChI=1S/C23H25N7S/c1-17-11-26-22(31-17)13-28-23(24-2)27-12-20-5-3-4-6-21(20)19-9-7-18(8-10-19)14-30-16-25-15-29-30/h3-11,15-16H,12-14H2,1-2H3,(H2,24,27,28). The molecule has 2 aromatic carbocycles. The first-order valence-electron chi connectivity index (χ1n) is 10.1. The second-order valence-corrected chi connectivity index (χ2v) is 8.41. The first-order chi connectivity index (χ1) is 15.2. The van der Waals surface area contributed by atoms with Gasteiger partial charge >= 0.3 is 0 Å². The molecule has 0 amide bonds. The molecule has 0 aliphatic heterocycles. The minimum Gasteiger partial charge on any atom is -0.352 e. The average molecular weight is 432 g/mol. The van der Waals surface area contributed by atoms with E-state index in [0.717, 1.165) is 11.0 Å². The van der Waals surface area contributed by atoms with Crippen LogP contribution in [0.15, 0.2) is 72.4 Å². The summed E-state index contributed by atoms with van der Waals surface area (Å²) in [7, 11) is 1.78. The summed E-state index contributed by atoms with van der Waals surface area (Å²) in [4.78, 5) is 13.9. The molecule has 8 heteroatoms. The molecule has 0 atom stereocenters. The largest absolute Gasteiger partial charge is 0.352 e. The highest BCUT2D eigenvalue weighted by molar-refractivity contribution is 7.11. The van der Waals surface area contributed by atoms with Gasteiger partial charge in [0.05, 0.1) is 13.1 Å². The SMILES string of the molecule is CN=C(NCc1ncc(C)s1)NCc1ccccc1-c1ccc(Cn2cncn2)cc1. The summed E-state index contributed by atoms with van der Waals surface area (Å²) >= 11 is 1.69. The molecular formula is C23H25N7S. The molecule has 2 N–H and O–H groups in total. The number of aryl methyl sites for hydroxylation is 1. The van der Waals surface area contributed by atoms with Crippen molar-refractivity contribution in [2.75, 3.05) is 7.05 Å². The lowest BCUT2D eigenvalue weighted by Crippen LogP contribution is -2.36. The Morgan fingerprint density at radius 2 is 1.87 bits per heavy atom. The van der Waals surface area contributed by atoms with Gasteiger partial charge in [0.15, 0.2) is 5.96 Å². The predicted octanol–water partition coefficient (Wildman–Crippen LogP) is 3.62. The summed E-state index contributed by atoms with van der Waals surface area (Å²) in [6.45, 7) is 4.11. The van der Waals surface area contributed by atoms with Gasteiger partial charge in [-0.1, -0.05) is 48.5 Å². The topological polar surface area (TPSA) is 80.0 Å². The monoisotopic (exact) mass is 431 g/mol. The van der Waals surface area contributed by atoms with Crippen molar-refractivity contribution in [3.05, 3.63) is 88.4 Å². The highest BCUT2D eigenvalue weighted by Gasteiger charge is 2.07. The van der Waals surface area contributed by atoms with E-state index in [2.05, 4.69) is 86.1 Å². The molecule has 0 spiro atoms. The second kappa shape index (κ2) is 9.99. The van der Waals surface area contributed by atoms with Gasteiger partial charge in [0.25, 0.3) is 0 Å². The summed E-state index contributed by atoms with van der Waals surface area (Å²) in [6.07, 6.45) is 5.18. The maximum absolute atomic E-state index is 4.39. The smallest absolute Gasteiger partial charge is 0.191 e. The zero-order valence-electron chi connectivity index (χ0n) is 17.6. The van der Waals surface area contributed by atoms with Crippen molar-refractivity contribution in [3.63, 3.8) is 0 Å². The van der Waals surface area contributed by atoms with Gasteiger partial charge in [-0.05, 0) is 29.2 Å². The molecule has 0 saturated carbocycles. The number of nitrogens with one attached hydrogen (secondary N) is 2. The highest BCUT2D eigenvalue weighted by Crippen LogP contribution is 2.24. The molecular weight excluding hydrogens is 406 g/mol. The maximum Gasteiger partial charge on any atom is 0.191 e. The Balaban J connectivity index is 1.40. The molecule has 7 nitrogen and oxygen atoms in total. The van der Waals surface area contributed by atoms with Crippen molar-refractivity contribution in [2.24, 2.45) is 4.99 Å². The molecule has 0 radical (unpaired) electrons. The Morgan fingerprint density at radius 1 is 1.06 bits per heavy atom. The number of thiazole rings is 1. The highest BCUT2D eigenvalue weighted by atomic mass is 32.1. The van der Waals surface area contributed by atoms with Gasteiger partial charge in [0, 0.05) is 24.7 Å². The van der Waals surface area contributed by atoms with Crippen LogP contribution >= 0.6 is 11.3 Å². The number of aliphatic imine (C=N–C) groups is 1. The lowest BCUT2D eigenvalue weighted by atomic mass is 9.98. The van der Waals surface area contributed by atoms with E-state index in [-0.39, 0.29) is 0 Å². The molecule has 0 unspecified atom stereocenters. The lowest BCUT2D eigenvalue weighted by molar-refractivity contribution is 0.685. The second-order valence-electron chi connectivity index (χ2n) is 7.09. The van der Waals surface area contributed by atoms with Crippen molar-refractivity contribution < 1.29 is 0 Å². The van der Waals surface area contributed by atoms with Crippen LogP contribution in [0.3, 0.4) is 0 Å². The van der Waals surface area contributed by atoms with Gasteiger partial charge in [-0.15, -0.1) is 11.3 Å². The van der Waals surface area contributed by atoms with E-state index in [1.165, 1.54) is 27.1 Å². The molecule has 2 heterocycles. The van der Waals surface area contributed by atoms with E-state index in [4.69, 9.17) is 0 Å². The van der Waals surface area contributed by atoms with Gasteiger partial charge in [-0.25, -0.2) is 14.6 Å². The minimum absolute atomic E-state index is 0.660. The Hall–Kier alpha value is -3.52. The molecule has 2 aromatic heterocycles. The first-order valence-corrected chi connectivity index (χ1v) is 10.9. The number of hydrogen-bond donors (Lipinski definition) is 2. The number of rotatable bonds is 7. The molecule has 0 saturated heterocycles. The zero-order chi connectivity index (χ0) is 21.5. The van der Waals surface area contributed by atoms with Gasteiger partial charge in [0.1, 0.15) is 17.7 Å². The molecule has 4 aromatic rings. The van der Waals surface area contributed by atoms with Crippen molar-refractivity contribution >= 4 is 17.3 Å². The van der Waals surface area contributed by atoms with Crippen molar-refractivity contribution in [1.82, 2.24) is 30.4 Å². The van der Waals surface area contributed by atoms with Gasteiger partial charge < -0.3 is 10.6 Å². The first kappa shape index (κ1) is 20.7. The molecule has 0 aliphatic rings. The Bertz CT molecular complexity index is 1130. The van der Waals surface area contributed by atoms with E-state index < -0.39 is 0 Å². The summed E-state index contributed by atoms with van der Waals surface area (Å²) in [5, 5.41) is 12.0. The molecule has 0 bridgehead atoms. The summed E-state index contributed by atoms with van der Waals surface area (Å²) in [6, 6.07) is 17.0. The van der Waals surface area contributed by atoms with Crippen LogP contribution in [0.2, 0.25) is 0 Å². The average Bonchev–Trinajstić information content (AvgIpc) is 3.46. The number of nitrogens with zero attached hydrogens (tertiary/aromatic N) is 5. The fraction of sp³-hybridized carbons (Fsp3) is 0.217. The lowest BCUT2D eigenvalue weighted by Gasteiger charge is -2.14. The van der Waals surface area contributed by atoms with E-state index >= 15 is 0 Å². The van der Waals surface area contributed by atoms with Crippen molar-refractivity contribution in [2.45, 2.75) is 26.6 Å². The van der Waals surface area contributed by atoms with Gasteiger partial charge in [-0.2, -0.15) is 5.10 Å². The fourth-order valence-electron chi connectivity index (χ4n) is 3.29. The van der Waals surface area contributed by atoms with Crippen LogP contribution in [0.25, 0.3) is 11.1 Å². The van der Waals surface area contributed by atoms with Gasteiger partial charge in [-0.3, -0.25) is 4.99 Å². The van der Waals surface area contributed by atoms with Crippen LogP contribution in [-0.4, -0.2) is 32.8 Å². The summed E-state index contributed by atoms with van der Waals surface area (Å²) in [5.41, 5.74) is 4.78. The van der Waals surface area contributed by atoms with E-state index in [1.54, 1.807) is 31.0 Å².